The van der Waals surface area contributed by atoms with Crippen LogP contribution in [0.5, 0.6) is 17.2 Å². The molecule has 0 fully saturated rings. The molecule has 0 aliphatic carbocycles. The fourth-order valence-corrected chi connectivity index (χ4v) is 3.18. The van der Waals surface area contributed by atoms with Gasteiger partial charge < -0.3 is 20.1 Å². The minimum atomic E-state index is -0.362. The zero-order chi connectivity index (χ0) is 22.0. The van der Waals surface area contributed by atoms with Gasteiger partial charge in [0.15, 0.2) is 11.5 Å². The number of esters is 1. The predicted molar refractivity (Wildman–Crippen MR) is 118 cm³/mol. The first-order valence-corrected chi connectivity index (χ1v) is 9.93. The van der Waals surface area contributed by atoms with Gasteiger partial charge in [0.2, 0.25) is 0 Å². The van der Waals surface area contributed by atoms with E-state index >= 15 is 0 Å². The number of fused-ring (bicyclic) bond motifs is 1. The van der Waals surface area contributed by atoms with Crippen molar-refractivity contribution in [1.82, 2.24) is 4.98 Å². The summed E-state index contributed by atoms with van der Waals surface area (Å²) in [7, 11) is 0. The second-order valence-electron chi connectivity index (χ2n) is 8.27. The third-order valence-corrected chi connectivity index (χ3v) is 4.80. The van der Waals surface area contributed by atoms with Crippen LogP contribution in [0.1, 0.15) is 32.0 Å². The smallest absolute Gasteiger partial charge is 0.323 e. The molecule has 0 bridgehead atoms. The highest BCUT2D eigenvalue weighted by Gasteiger charge is 2.26. The molecule has 31 heavy (non-hydrogen) atoms. The molecule has 158 valence electrons. The lowest BCUT2D eigenvalue weighted by atomic mass is 9.87. The van der Waals surface area contributed by atoms with Crippen molar-refractivity contribution in [1.29, 1.82) is 0 Å². The molecular formula is C24H23N3O4. The minimum Gasteiger partial charge on any atom is -0.453 e. The van der Waals surface area contributed by atoms with E-state index < -0.39 is 0 Å². The molecule has 0 saturated carbocycles. The molecular weight excluding hydrogens is 394 g/mol. The van der Waals surface area contributed by atoms with Crippen molar-refractivity contribution in [3.63, 3.8) is 0 Å². The van der Waals surface area contributed by atoms with Gasteiger partial charge in [-0.1, -0.05) is 39.0 Å². The Labute approximate surface area is 180 Å². The van der Waals surface area contributed by atoms with Crippen LogP contribution in [0, 0.1) is 0 Å². The van der Waals surface area contributed by atoms with E-state index in [9.17, 15) is 9.59 Å². The van der Waals surface area contributed by atoms with Gasteiger partial charge in [-0.25, -0.2) is 4.79 Å². The lowest BCUT2D eigenvalue weighted by Crippen LogP contribution is -2.19. The van der Waals surface area contributed by atoms with Crippen LogP contribution in [-0.4, -0.2) is 17.0 Å². The number of ether oxygens (including phenoxy) is 2. The van der Waals surface area contributed by atoms with Gasteiger partial charge in [0.25, 0.3) is 0 Å². The SMILES string of the molecule is CC(C)(C)c1ccc(NC(=O)Nc2cccc(Oc3ccnc4c3OC(=O)C4)c2)cc1. The predicted octanol–water partition coefficient (Wildman–Crippen LogP) is 5.28. The van der Waals surface area contributed by atoms with Crippen molar-refractivity contribution in [2.75, 3.05) is 10.6 Å². The monoisotopic (exact) mass is 417 g/mol. The van der Waals surface area contributed by atoms with Crippen LogP contribution < -0.4 is 20.1 Å². The molecule has 2 heterocycles. The number of nitrogens with zero attached hydrogens (tertiary/aromatic N) is 1. The molecule has 2 N–H and O–H groups in total. The maximum absolute atomic E-state index is 12.4. The van der Waals surface area contributed by atoms with E-state index in [0.29, 0.717) is 34.3 Å². The Bertz CT molecular complexity index is 1130. The summed E-state index contributed by atoms with van der Waals surface area (Å²) in [6.07, 6.45) is 1.70. The number of carbonyl (C=O) groups is 2. The van der Waals surface area contributed by atoms with Crippen molar-refractivity contribution in [3.8, 4) is 17.2 Å². The van der Waals surface area contributed by atoms with Crippen LogP contribution in [0.4, 0.5) is 16.2 Å². The molecule has 0 spiro atoms. The Hall–Kier alpha value is -3.87. The van der Waals surface area contributed by atoms with Crippen LogP contribution in [0.2, 0.25) is 0 Å². The minimum absolute atomic E-state index is 0.0501. The summed E-state index contributed by atoms with van der Waals surface area (Å²) in [5, 5.41) is 5.61. The number of carbonyl (C=O) groups excluding carboxylic acids is 2. The number of amides is 2. The second kappa shape index (κ2) is 8.10. The number of pyridine rings is 1. The molecule has 0 unspecified atom stereocenters. The molecule has 7 heteroatoms. The largest absolute Gasteiger partial charge is 0.453 e. The molecule has 0 radical (unpaired) electrons. The van der Waals surface area contributed by atoms with Crippen molar-refractivity contribution >= 4 is 23.4 Å². The summed E-state index contributed by atoms with van der Waals surface area (Å²) < 4.78 is 11.1. The summed E-state index contributed by atoms with van der Waals surface area (Å²) in [6, 6.07) is 16.0. The Morgan fingerprint density at radius 3 is 2.52 bits per heavy atom. The van der Waals surface area contributed by atoms with E-state index in [1.165, 1.54) is 5.56 Å². The number of hydrogen-bond donors (Lipinski definition) is 2. The first kappa shape index (κ1) is 20.4. The molecule has 3 aromatic rings. The van der Waals surface area contributed by atoms with E-state index in [2.05, 4.69) is 36.4 Å². The molecule has 0 atom stereocenters. The highest BCUT2D eigenvalue weighted by Crippen LogP contribution is 2.37. The normalized spacial score (nSPS) is 12.7. The van der Waals surface area contributed by atoms with E-state index in [0.717, 1.165) is 0 Å². The Balaban J connectivity index is 1.42. The fourth-order valence-electron chi connectivity index (χ4n) is 3.18. The van der Waals surface area contributed by atoms with Gasteiger partial charge in [-0.15, -0.1) is 0 Å². The van der Waals surface area contributed by atoms with Crippen LogP contribution >= 0.6 is 0 Å². The van der Waals surface area contributed by atoms with Gasteiger partial charge >= 0.3 is 12.0 Å². The van der Waals surface area contributed by atoms with Gasteiger partial charge in [-0.3, -0.25) is 9.78 Å². The van der Waals surface area contributed by atoms with Crippen LogP contribution in [0.25, 0.3) is 0 Å². The average molecular weight is 417 g/mol. The highest BCUT2D eigenvalue weighted by molar-refractivity contribution is 5.99. The first-order valence-electron chi connectivity index (χ1n) is 9.93. The summed E-state index contributed by atoms with van der Waals surface area (Å²) >= 11 is 0. The van der Waals surface area contributed by atoms with Gasteiger partial charge in [-0.05, 0) is 35.2 Å². The maximum Gasteiger partial charge on any atom is 0.323 e. The lowest BCUT2D eigenvalue weighted by Gasteiger charge is -2.19. The molecule has 7 nitrogen and oxygen atoms in total. The number of benzene rings is 2. The topological polar surface area (TPSA) is 89.6 Å². The van der Waals surface area contributed by atoms with Crippen molar-refractivity contribution < 1.29 is 19.1 Å². The molecule has 4 rings (SSSR count). The van der Waals surface area contributed by atoms with Gasteiger partial charge in [0.05, 0.1) is 12.1 Å². The van der Waals surface area contributed by atoms with Gasteiger partial charge in [0, 0.05) is 29.7 Å². The maximum atomic E-state index is 12.4. The number of nitrogens with one attached hydrogen (secondary N) is 2. The van der Waals surface area contributed by atoms with Crippen LogP contribution in [0.15, 0.2) is 60.8 Å². The van der Waals surface area contributed by atoms with E-state index in [-0.39, 0.29) is 23.8 Å². The molecule has 2 amide bonds. The van der Waals surface area contributed by atoms with E-state index in [1.54, 1.807) is 36.5 Å². The zero-order valence-electron chi connectivity index (χ0n) is 17.6. The number of hydrogen-bond acceptors (Lipinski definition) is 5. The summed E-state index contributed by atoms with van der Waals surface area (Å²) in [5.41, 5.74) is 3.05. The molecule has 2 aromatic carbocycles. The number of rotatable bonds is 4. The van der Waals surface area contributed by atoms with Crippen LogP contribution in [-0.2, 0) is 16.6 Å². The summed E-state index contributed by atoms with van der Waals surface area (Å²) in [5.74, 6) is 0.864. The van der Waals surface area contributed by atoms with E-state index in [4.69, 9.17) is 9.47 Å². The summed E-state index contributed by atoms with van der Waals surface area (Å²) in [6.45, 7) is 6.42. The van der Waals surface area contributed by atoms with Gasteiger partial charge in [0.1, 0.15) is 5.75 Å². The highest BCUT2D eigenvalue weighted by atomic mass is 16.6. The second-order valence-corrected chi connectivity index (χ2v) is 8.27. The van der Waals surface area contributed by atoms with Crippen molar-refractivity contribution in [2.45, 2.75) is 32.6 Å². The third kappa shape index (κ3) is 4.83. The summed E-state index contributed by atoms with van der Waals surface area (Å²) in [4.78, 5) is 28.1. The third-order valence-electron chi connectivity index (χ3n) is 4.80. The zero-order valence-corrected chi connectivity index (χ0v) is 17.6. The Morgan fingerprint density at radius 2 is 1.77 bits per heavy atom. The van der Waals surface area contributed by atoms with Gasteiger partial charge in [-0.2, -0.15) is 0 Å². The molecule has 1 aliphatic rings. The number of aromatic nitrogens is 1. The van der Waals surface area contributed by atoms with Crippen molar-refractivity contribution in [3.05, 3.63) is 72.1 Å². The Morgan fingerprint density at radius 1 is 1.03 bits per heavy atom. The van der Waals surface area contributed by atoms with Crippen LogP contribution in [0.3, 0.4) is 0 Å². The average Bonchev–Trinajstić information content (AvgIpc) is 3.09. The quantitative estimate of drug-likeness (QED) is 0.564. The molecule has 1 aliphatic heterocycles. The van der Waals surface area contributed by atoms with E-state index in [1.807, 2.05) is 24.3 Å². The fraction of sp³-hybridized carbons (Fsp3) is 0.208. The lowest BCUT2D eigenvalue weighted by molar-refractivity contribution is -0.131. The number of anilines is 2. The standard InChI is InChI=1S/C24H23N3O4/c1-24(2,3)15-7-9-16(10-8-15)26-23(29)27-17-5-4-6-18(13-17)30-20-11-12-25-19-14-21(28)31-22(19)20/h4-13H,14H2,1-3H3,(H2,26,27,29). The van der Waals surface area contributed by atoms with Crippen molar-refractivity contribution in [2.24, 2.45) is 0 Å². The molecule has 1 aromatic heterocycles. The number of urea groups is 1. The first-order chi connectivity index (χ1) is 14.8. The molecule has 0 saturated heterocycles. The Kier molecular flexibility index (Phi) is 5.33.